The highest BCUT2D eigenvalue weighted by Gasteiger charge is 2.09. The van der Waals surface area contributed by atoms with Crippen LogP contribution in [0.2, 0.25) is 0 Å². The number of hydrogen-bond donors (Lipinski definition) is 0. The maximum atomic E-state index is 11.4. The summed E-state index contributed by atoms with van der Waals surface area (Å²) in [5.41, 5.74) is 4.92. The smallest absolute Gasteiger partial charge is 0.150 e. The van der Waals surface area contributed by atoms with Gasteiger partial charge in [0.15, 0.2) is 6.29 Å². The van der Waals surface area contributed by atoms with Crippen molar-refractivity contribution in [1.29, 1.82) is 0 Å². The Morgan fingerprint density at radius 2 is 1.27 bits per heavy atom. The van der Waals surface area contributed by atoms with E-state index in [4.69, 9.17) is 0 Å². The van der Waals surface area contributed by atoms with E-state index in [1.54, 1.807) is 0 Å². The molecule has 3 aromatic rings. The van der Waals surface area contributed by atoms with E-state index in [2.05, 4.69) is 30.3 Å². The van der Waals surface area contributed by atoms with Crippen molar-refractivity contribution >= 4 is 17.9 Å². The summed E-state index contributed by atoms with van der Waals surface area (Å²) in [7, 11) is 0. The lowest BCUT2D eigenvalue weighted by Gasteiger charge is -2.11. The fraction of sp³-hybridized carbons (Fsp3) is 0. The fourth-order valence-electron chi connectivity index (χ4n) is 2.50. The molecule has 0 amide bonds. The summed E-state index contributed by atoms with van der Waals surface area (Å²) < 4.78 is 0. The molecule has 1 heteroatoms. The fourth-order valence-corrected chi connectivity index (χ4v) is 2.50. The highest BCUT2D eigenvalue weighted by molar-refractivity contribution is 5.97. The van der Waals surface area contributed by atoms with Gasteiger partial charge < -0.3 is 0 Å². The molecule has 0 aromatic heterocycles. The third kappa shape index (κ3) is 3.04. The quantitative estimate of drug-likeness (QED) is 0.482. The molecule has 0 saturated carbocycles. The van der Waals surface area contributed by atoms with Crippen LogP contribution in [-0.2, 0) is 0 Å². The first kappa shape index (κ1) is 14.0. The van der Waals surface area contributed by atoms with E-state index in [0.717, 1.165) is 28.5 Å². The van der Waals surface area contributed by atoms with Crippen LogP contribution in [0.15, 0.2) is 84.9 Å². The van der Waals surface area contributed by atoms with Gasteiger partial charge >= 0.3 is 0 Å². The lowest BCUT2D eigenvalue weighted by molar-refractivity contribution is 0.112. The Labute approximate surface area is 130 Å². The van der Waals surface area contributed by atoms with Crippen molar-refractivity contribution in [2.75, 3.05) is 0 Å². The van der Waals surface area contributed by atoms with E-state index in [9.17, 15) is 4.79 Å². The molecule has 3 aromatic carbocycles. The number of carbonyl (C=O) groups is 1. The molecule has 0 fully saturated rings. The number of benzene rings is 3. The minimum Gasteiger partial charge on any atom is -0.298 e. The highest BCUT2D eigenvalue weighted by Crippen LogP contribution is 2.28. The van der Waals surface area contributed by atoms with Gasteiger partial charge in [-0.05, 0) is 28.3 Å². The van der Waals surface area contributed by atoms with E-state index < -0.39 is 0 Å². The van der Waals surface area contributed by atoms with Gasteiger partial charge in [0.25, 0.3) is 0 Å². The number of rotatable bonds is 4. The molecule has 1 nitrogen and oxygen atoms in total. The molecule has 106 valence electrons. The predicted octanol–water partition coefficient (Wildman–Crippen LogP) is 5.09. The van der Waals surface area contributed by atoms with Gasteiger partial charge in [-0.25, -0.2) is 0 Å². The van der Waals surface area contributed by atoms with Gasteiger partial charge in [-0.3, -0.25) is 4.79 Å². The summed E-state index contributed by atoms with van der Waals surface area (Å²) in [5.74, 6) is 0. The first-order valence-electron chi connectivity index (χ1n) is 7.25. The maximum absolute atomic E-state index is 11.4. The van der Waals surface area contributed by atoms with Crippen LogP contribution in [0.3, 0.4) is 0 Å². The van der Waals surface area contributed by atoms with E-state index in [-0.39, 0.29) is 0 Å². The summed E-state index contributed by atoms with van der Waals surface area (Å²) in [6.45, 7) is 0. The van der Waals surface area contributed by atoms with Gasteiger partial charge in [-0.15, -0.1) is 0 Å². The predicted molar refractivity (Wildman–Crippen MR) is 91.7 cm³/mol. The maximum Gasteiger partial charge on any atom is 0.150 e. The molecule has 0 aliphatic carbocycles. The van der Waals surface area contributed by atoms with Crippen LogP contribution >= 0.6 is 0 Å². The zero-order valence-electron chi connectivity index (χ0n) is 12.1. The molecule has 0 aliphatic heterocycles. The van der Waals surface area contributed by atoms with Crippen LogP contribution in [0.1, 0.15) is 27.0 Å². The Hall–Kier alpha value is -2.93. The van der Waals surface area contributed by atoms with Crippen LogP contribution < -0.4 is 0 Å². The molecule has 0 aliphatic rings. The van der Waals surface area contributed by atoms with Crippen molar-refractivity contribution in [3.05, 3.63) is 107 Å². The standard InChI is InChI=1S/C21H16O/c22-16-19-13-7-8-14-20(19)21(18-11-5-2-6-12-18)15-17-9-3-1-4-10-17/h1-16H. The minimum atomic E-state index is 0.702. The molecular weight excluding hydrogens is 268 g/mol. The van der Waals surface area contributed by atoms with E-state index in [1.807, 2.05) is 60.7 Å². The van der Waals surface area contributed by atoms with Gasteiger partial charge in [0, 0.05) is 5.56 Å². The summed E-state index contributed by atoms with van der Waals surface area (Å²) in [6.07, 6.45) is 3.04. The molecule has 0 spiro atoms. The molecule has 0 unspecified atom stereocenters. The molecule has 0 radical (unpaired) electrons. The number of carbonyl (C=O) groups excluding carboxylic acids is 1. The van der Waals surface area contributed by atoms with Crippen molar-refractivity contribution in [1.82, 2.24) is 0 Å². The SMILES string of the molecule is O=Cc1ccccc1C(=Cc1ccccc1)c1ccccc1. The van der Waals surface area contributed by atoms with Crippen molar-refractivity contribution in [3.8, 4) is 0 Å². The second-order valence-corrected chi connectivity index (χ2v) is 5.04. The Kier molecular flexibility index (Phi) is 4.26. The molecule has 0 heterocycles. The molecular formula is C21H16O. The van der Waals surface area contributed by atoms with Crippen LogP contribution in [0.4, 0.5) is 0 Å². The Balaban J connectivity index is 2.20. The lowest BCUT2D eigenvalue weighted by atomic mass is 9.92. The van der Waals surface area contributed by atoms with Gasteiger partial charge in [-0.2, -0.15) is 0 Å². The van der Waals surface area contributed by atoms with Crippen molar-refractivity contribution in [3.63, 3.8) is 0 Å². The zero-order chi connectivity index (χ0) is 15.2. The van der Waals surface area contributed by atoms with Crippen molar-refractivity contribution in [2.24, 2.45) is 0 Å². The third-order valence-electron chi connectivity index (χ3n) is 3.57. The van der Waals surface area contributed by atoms with Crippen LogP contribution in [0.5, 0.6) is 0 Å². The monoisotopic (exact) mass is 284 g/mol. The van der Waals surface area contributed by atoms with Gasteiger partial charge in [-0.1, -0.05) is 84.9 Å². The Morgan fingerprint density at radius 3 is 1.95 bits per heavy atom. The van der Waals surface area contributed by atoms with Gasteiger partial charge in [0.2, 0.25) is 0 Å². The number of hydrogen-bond acceptors (Lipinski definition) is 1. The lowest BCUT2D eigenvalue weighted by Crippen LogP contribution is -1.94. The summed E-state index contributed by atoms with van der Waals surface area (Å²) in [4.78, 5) is 11.4. The average molecular weight is 284 g/mol. The molecule has 0 bridgehead atoms. The largest absolute Gasteiger partial charge is 0.298 e. The molecule has 0 saturated heterocycles. The molecule has 0 atom stereocenters. The molecule has 0 N–H and O–H groups in total. The highest BCUT2D eigenvalue weighted by atomic mass is 16.1. The summed E-state index contributed by atoms with van der Waals surface area (Å²) in [5, 5.41) is 0. The van der Waals surface area contributed by atoms with Crippen LogP contribution in [0, 0.1) is 0 Å². The average Bonchev–Trinajstić information content (AvgIpc) is 2.61. The van der Waals surface area contributed by atoms with Gasteiger partial charge in [0.05, 0.1) is 0 Å². The van der Waals surface area contributed by atoms with Gasteiger partial charge in [0.1, 0.15) is 0 Å². The number of aldehydes is 1. The normalized spacial score (nSPS) is 11.2. The van der Waals surface area contributed by atoms with Crippen LogP contribution in [0.25, 0.3) is 11.6 Å². The Bertz CT molecular complexity index is 786. The Morgan fingerprint density at radius 1 is 0.682 bits per heavy atom. The van der Waals surface area contributed by atoms with Crippen LogP contribution in [-0.4, -0.2) is 6.29 Å². The first-order chi connectivity index (χ1) is 10.9. The zero-order valence-corrected chi connectivity index (χ0v) is 12.1. The summed E-state index contributed by atoms with van der Waals surface area (Å²) in [6, 6.07) is 28.0. The minimum absolute atomic E-state index is 0.702. The second kappa shape index (κ2) is 6.68. The van der Waals surface area contributed by atoms with E-state index >= 15 is 0 Å². The second-order valence-electron chi connectivity index (χ2n) is 5.04. The third-order valence-corrected chi connectivity index (χ3v) is 3.57. The summed E-state index contributed by atoms with van der Waals surface area (Å²) >= 11 is 0. The van der Waals surface area contributed by atoms with Crippen molar-refractivity contribution in [2.45, 2.75) is 0 Å². The van der Waals surface area contributed by atoms with E-state index in [1.165, 1.54) is 0 Å². The molecule has 3 rings (SSSR count). The topological polar surface area (TPSA) is 17.1 Å². The van der Waals surface area contributed by atoms with E-state index in [0.29, 0.717) is 5.56 Å². The van der Waals surface area contributed by atoms with Crippen molar-refractivity contribution < 1.29 is 4.79 Å². The first-order valence-corrected chi connectivity index (χ1v) is 7.25. The molecule has 22 heavy (non-hydrogen) atoms.